The van der Waals surface area contributed by atoms with Gasteiger partial charge in [-0.1, -0.05) is 6.92 Å². The van der Waals surface area contributed by atoms with Crippen molar-refractivity contribution in [3.05, 3.63) is 21.9 Å². The quantitative estimate of drug-likeness (QED) is 0.883. The van der Waals surface area contributed by atoms with Crippen LogP contribution in [-0.4, -0.2) is 29.9 Å². The second-order valence-electron chi connectivity index (χ2n) is 3.93. The highest BCUT2D eigenvalue weighted by Crippen LogP contribution is 2.21. The molecule has 0 saturated carbocycles. The molecule has 16 heavy (non-hydrogen) atoms. The Hall–Kier alpha value is -0.580. The number of halogens is 1. The monoisotopic (exact) mass is 260 g/mol. The van der Waals surface area contributed by atoms with E-state index >= 15 is 0 Å². The Bertz CT molecular complexity index is 367. The molecular formula is C11H17ClN2OS. The van der Waals surface area contributed by atoms with Gasteiger partial charge in [-0.25, -0.2) is 0 Å². The van der Waals surface area contributed by atoms with E-state index in [0.717, 1.165) is 29.8 Å². The number of amides is 1. The van der Waals surface area contributed by atoms with Crippen molar-refractivity contribution in [2.75, 3.05) is 13.1 Å². The van der Waals surface area contributed by atoms with E-state index in [1.54, 1.807) is 0 Å². The van der Waals surface area contributed by atoms with Crippen molar-refractivity contribution < 1.29 is 4.79 Å². The van der Waals surface area contributed by atoms with Crippen LogP contribution in [0, 0.1) is 0 Å². The predicted molar refractivity (Wildman–Crippen MR) is 69.4 cm³/mol. The van der Waals surface area contributed by atoms with E-state index in [9.17, 15) is 4.79 Å². The molecule has 1 saturated heterocycles. The Balaban J connectivity index is 0.00000128. The van der Waals surface area contributed by atoms with Crippen LogP contribution in [0.15, 0.2) is 11.4 Å². The van der Waals surface area contributed by atoms with Crippen LogP contribution in [0.5, 0.6) is 0 Å². The van der Waals surface area contributed by atoms with Crippen LogP contribution in [0.3, 0.4) is 0 Å². The van der Waals surface area contributed by atoms with Gasteiger partial charge in [0.25, 0.3) is 5.91 Å². The van der Waals surface area contributed by atoms with Crippen LogP contribution in [0.4, 0.5) is 0 Å². The maximum absolute atomic E-state index is 12.1. The van der Waals surface area contributed by atoms with Gasteiger partial charge in [-0.3, -0.25) is 4.79 Å². The van der Waals surface area contributed by atoms with Gasteiger partial charge in [-0.2, -0.15) is 0 Å². The molecular weight excluding hydrogens is 244 g/mol. The maximum Gasteiger partial charge on any atom is 0.264 e. The standard InChI is InChI=1S/C11H16N2OS.ClH/c1-2-8-4-6-15-10(8)11(14)13-5-3-9(12)7-13;/h4,6,9H,2-3,5,7,12H2,1H3;1H. The summed E-state index contributed by atoms with van der Waals surface area (Å²) in [6, 6.07) is 2.20. The summed E-state index contributed by atoms with van der Waals surface area (Å²) in [5.41, 5.74) is 6.95. The minimum atomic E-state index is 0. The summed E-state index contributed by atoms with van der Waals surface area (Å²) in [6.07, 6.45) is 1.85. The topological polar surface area (TPSA) is 46.3 Å². The van der Waals surface area contributed by atoms with Crippen molar-refractivity contribution in [1.29, 1.82) is 0 Å². The minimum Gasteiger partial charge on any atom is -0.336 e. The lowest BCUT2D eigenvalue weighted by atomic mass is 10.2. The fraction of sp³-hybridized carbons (Fsp3) is 0.545. The summed E-state index contributed by atoms with van der Waals surface area (Å²) >= 11 is 1.54. The van der Waals surface area contributed by atoms with Gasteiger partial charge in [0.1, 0.15) is 0 Å². The number of rotatable bonds is 2. The third-order valence-corrected chi connectivity index (χ3v) is 3.78. The zero-order chi connectivity index (χ0) is 10.8. The first kappa shape index (κ1) is 13.5. The zero-order valence-corrected chi connectivity index (χ0v) is 10.9. The number of carbonyl (C=O) groups is 1. The molecule has 1 fully saturated rings. The van der Waals surface area contributed by atoms with E-state index in [4.69, 9.17) is 5.73 Å². The van der Waals surface area contributed by atoms with E-state index in [1.807, 2.05) is 16.3 Å². The Morgan fingerprint density at radius 2 is 2.44 bits per heavy atom. The molecule has 0 aromatic carbocycles. The summed E-state index contributed by atoms with van der Waals surface area (Å²) in [4.78, 5) is 14.9. The first-order valence-corrected chi connectivity index (χ1v) is 6.21. The molecule has 1 aliphatic heterocycles. The molecule has 0 aliphatic carbocycles. The maximum atomic E-state index is 12.1. The average Bonchev–Trinajstić information content (AvgIpc) is 2.84. The van der Waals surface area contributed by atoms with Gasteiger partial charge in [-0.15, -0.1) is 23.7 Å². The number of carbonyl (C=O) groups excluding carboxylic acids is 1. The van der Waals surface area contributed by atoms with Crippen LogP contribution in [0.25, 0.3) is 0 Å². The number of aryl methyl sites for hydroxylation is 1. The third-order valence-electron chi connectivity index (χ3n) is 2.83. The van der Waals surface area contributed by atoms with Gasteiger partial charge >= 0.3 is 0 Å². The number of nitrogens with two attached hydrogens (primary N) is 1. The van der Waals surface area contributed by atoms with Crippen LogP contribution in [0.1, 0.15) is 28.6 Å². The second kappa shape index (κ2) is 5.66. The third kappa shape index (κ3) is 2.56. The SMILES string of the molecule is CCc1ccsc1C(=O)N1CCC(N)C1.Cl. The molecule has 1 aromatic heterocycles. The van der Waals surface area contributed by atoms with Crippen molar-refractivity contribution in [2.24, 2.45) is 5.73 Å². The summed E-state index contributed by atoms with van der Waals surface area (Å²) in [5, 5.41) is 1.99. The summed E-state index contributed by atoms with van der Waals surface area (Å²) < 4.78 is 0. The van der Waals surface area contributed by atoms with E-state index in [0.29, 0.717) is 6.54 Å². The number of hydrogen-bond acceptors (Lipinski definition) is 3. The summed E-state index contributed by atoms with van der Waals surface area (Å²) in [7, 11) is 0. The molecule has 1 aromatic rings. The number of nitrogens with zero attached hydrogens (tertiary/aromatic N) is 1. The molecule has 0 radical (unpaired) electrons. The molecule has 2 heterocycles. The fourth-order valence-electron chi connectivity index (χ4n) is 1.92. The van der Waals surface area contributed by atoms with Gasteiger partial charge in [-0.05, 0) is 29.9 Å². The fourth-order valence-corrected chi connectivity index (χ4v) is 2.88. The first-order chi connectivity index (χ1) is 7.22. The van der Waals surface area contributed by atoms with Gasteiger partial charge in [0.15, 0.2) is 0 Å². The summed E-state index contributed by atoms with van der Waals surface area (Å²) in [5.74, 6) is 0.162. The first-order valence-electron chi connectivity index (χ1n) is 5.33. The van der Waals surface area contributed by atoms with Gasteiger partial charge in [0.05, 0.1) is 4.88 Å². The minimum absolute atomic E-state index is 0. The highest BCUT2D eigenvalue weighted by molar-refractivity contribution is 7.12. The molecule has 0 bridgehead atoms. The molecule has 5 heteroatoms. The van der Waals surface area contributed by atoms with Crippen LogP contribution >= 0.6 is 23.7 Å². The Morgan fingerprint density at radius 3 is 3.00 bits per heavy atom. The highest BCUT2D eigenvalue weighted by Gasteiger charge is 2.26. The van der Waals surface area contributed by atoms with E-state index in [-0.39, 0.29) is 24.4 Å². The molecule has 1 unspecified atom stereocenters. The number of thiophene rings is 1. The molecule has 2 N–H and O–H groups in total. The largest absolute Gasteiger partial charge is 0.336 e. The van der Waals surface area contributed by atoms with Crippen molar-refractivity contribution in [3.63, 3.8) is 0 Å². The van der Waals surface area contributed by atoms with Crippen LogP contribution in [0.2, 0.25) is 0 Å². The van der Waals surface area contributed by atoms with Crippen LogP contribution in [-0.2, 0) is 6.42 Å². The normalized spacial score (nSPS) is 19.6. The van der Waals surface area contributed by atoms with Crippen molar-refractivity contribution >= 4 is 29.7 Å². The lowest BCUT2D eigenvalue weighted by molar-refractivity contribution is 0.0794. The van der Waals surface area contributed by atoms with Crippen molar-refractivity contribution in [1.82, 2.24) is 4.90 Å². The molecule has 2 rings (SSSR count). The predicted octanol–water partition coefficient (Wildman–Crippen LogP) is 1.91. The van der Waals surface area contributed by atoms with Crippen molar-refractivity contribution in [2.45, 2.75) is 25.8 Å². The summed E-state index contributed by atoms with van der Waals surface area (Å²) in [6.45, 7) is 3.59. The van der Waals surface area contributed by atoms with Gasteiger partial charge < -0.3 is 10.6 Å². The molecule has 0 spiro atoms. The number of likely N-dealkylation sites (tertiary alicyclic amines) is 1. The average molecular weight is 261 g/mol. The lowest BCUT2D eigenvalue weighted by Gasteiger charge is -2.15. The molecule has 1 aliphatic rings. The van der Waals surface area contributed by atoms with E-state index in [1.165, 1.54) is 11.3 Å². The van der Waals surface area contributed by atoms with Crippen molar-refractivity contribution in [3.8, 4) is 0 Å². The molecule has 3 nitrogen and oxygen atoms in total. The Labute approximate surface area is 106 Å². The molecule has 1 atom stereocenters. The van der Waals surface area contributed by atoms with Crippen LogP contribution < -0.4 is 5.73 Å². The van der Waals surface area contributed by atoms with E-state index in [2.05, 4.69) is 6.92 Å². The molecule has 1 amide bonds. The second-order valence-corrected chi connectivity index (χ2v) is 4.84. The number of hydrogen-bond donors (Lipinski definition) is 1. The lowest BCUT2D eigenvalue weighted by Crippen LogP contribution is -2.31. The van der Waals surface area contributed by atoms with Gasteiger partial charge in [0.2, 0.25) is 0 Å². The smallest absolute Gasteiger partial charge is 0.264 e. The van der Waals surface area contributed by atoms with Gasteiger partial charge in [0, 0.05) is 19.1 Å². The Kier molecular flexibility index (Phi) is 4.77. The van der Waals surface area contributed by atoms with E-state index < -0.39 is 0 Å². The highest BCUT2D eigenvalue weighted by atomic mass is 35.5. The molecule has 90 valence electrons. The zero-order valence-electron chi connectivity index (χ0n) is 9.31. The Morgan fingerprint density at radius 1 is 1.69 bits per heavy atom.